The molecule has 0 aliphatic carbocycles. The molecular weight excluding hydrogens is 622 g/mol. The van der Waals surface area contributed by atoms with Crippen LogP contribution in [0.5, 0.6) is 0 Å². The Labute approximate surface area is 242 Å². The van der Waals surface area contributed by atoms with Crippen LogP contribution >= 0.6 is 23.1 Å². The van der Waals surface area contributed by atoms with E-state index in [4.69, 9.17) is 0 Å². The van der Waals surface area contributed by atoms with Crippen LogP contribution in [0, 0.1) is 0 Å². The molecule has 41 heavy (non-hydrogen) atoms. The first-order valence-electron chi connectivity index (χ1n) is 12.3. The number of halogens is 3. The van der Waals surface area contributed by atoms with E-state index in [2.05, 4.69) is 0 Å². The van der Waals surface area contributed by atoms with Gasteiger partial charge in [-0.2, -0.15) is 34.6 Å². The van der Waals surface area contributed by atoms with Crippen molar-refractivity contribution in [3.63, 3.8) is 0 Å². The summed E-state index contributed by atoms with van der Waals surface area (Å²) in [5, 5.41) is 3.14. The van der Waals surface area contributed by atoms with Gasteiger partial charge in [0, 0.05) is 17.9 Å². The minimum atomic E-state index is -4.57. The largest absolute Gasteiger partial charge is 0.416 e. The molecule has 2 N–H and O–H groups in total. The third-order valence-electron chi connectivity index (χ3n) is 6.49. The number of hydrogen-bond donors (Lipinski definition) is 2. The van der Waals surface area contributed by atoms with Crippen molar-refractivity contribution >= 4 is 76.1 Å². The standard InChI is InChI=1S/C26H23F3N2O6S4/c27-26(28,29)18-8-10-21-20(15-18)30(11-3-13-40(32,33)34)23(38-21)16-24-31(12-4-14-41(35,36)37)25-19-6-2-1-5-17(19)7-9-22(25)39-24/h1-2,5-10,15-16H,3-4,11-14H2,(H-,32,33,34,35,36,37)/p+1. The molecule has 0 unspecified atom stereocenters. The second kappa shape index (κ2) is 11.2. The molecule has 3 aromatic carbocycles. The van der Waals surface area contributed by atoms with Gasteiger partial charge in [0.15, 0.2) is 6.54 Å². The molecule has 1 aromatic heterocycles. The van der Waals surface area contributed by atoms with Gasteiger partial charge in [0.05, 0.1) is 39.2 Å². The first-order valence-corrected chi connectivity index (χ1v) is 17.2. The Balaban J connectivity index is 1.62. The molecular formula is C26H24F3N2O6S4+. The highest BCUT2D eigenvalue weighted by Crippen LogP contribution is 2.49. The highest BCUT2D eigenvalue weighted by molar-refractivity contribution is 8.04. The third-order valence-corrected chi connectivity index (χ3v) is 10.3. The molecule has 0 saturated carbocycles. The zero-order valence-corrected chi connectivity index (χ0v) is 24.5. The summed E-state index contributed by atoms with van der Waals surface area (Å²) >= 11 is 2.65. The summed E-state index contributed by atoms with van der Waals surface area (Å²) in [7, 11) is -8.46. The Bertz CT molecular complexity index is 1890. The van der Waals surface area contributed by atoms with Crippen molar-refractivity contribution in [3.05, 3.63) is 70.2 Å². The van der Waals surface area contributed by atoms with Crippen LogP contribution in [0.3, 0.4) is 0 Å². The molecule has 5 rings (SSSR count). The van der Waals surface area contributed by atoms with E-state index in [1.54, 1.807) is 11.0 Å². The quantitative estimate of drug-likeness (QED) is 0.173. The number of thiazole rings is 1. The number of anilines is 1. The van der Waals surface area contributed by atoms with Crippen molar-refractivity contribution in [2.45, 2.75) is 30.5 Å². The molecule has 15 heteroatoms. The predicted octanol–water partition coefficient (Wildman–Crippen LogP) is 5.83. The van der Waals surface area contributed by atoms with Gasteiger partial charge in [-0.25, -0.2) is 0 Å². The molecule has 8 nitrogen and oxygen atoms in total. The number of alkyl halides is 3. The highest BCUT2D eigenvalue weighted by atomic mass is 32.2. The van der Waals surface area contributed by atoms with E-state index in [0.717, 1.165) is 33.1 Å². The van der Waals surface area contributed by atoms with Gasteiger partial charge in [0.1, 0.15) is 4.70 Å². The number of benzene rings is 3. The average Bonchev–Trinajstić information content (AvgIpc) is 3.39. The normalized spacial score (nSPS) is 15.3. The topological polar surface area (TPSA) is 116 Å². The summed E-state index contributed by atoms with van der Waals surface area (Å²) in [6.07, 6.45) is -2.69. The molecule has 1 aliphatic heterocycles. The second-order valence-corrected chi connectivity index (χ2v) is 14.7. The molecule has 0 spiro atoms. The Hall–Kier alpha value is -2.69. The Kier molecular flexibility index (Phi) is 8.13. The van der Waals surface area contributed by atoms with Gasteiger partial charge in [-0.1, -0.05) is 47.4 Å². The fourth-order valence-corrected chi connectivity index (χ4v) is 8.04. The summed E-state index contributed by atoms with van der Waals surface area (Å²) < 4.78 is 107. The minimum absolute atomic E-state index is 0.0299. The van der Waals surface area contributed by atoms with Crippen molar-refractivity contribution < 1.29 is 43.7 Å². The maximum absolute atomic E-state index is 13.5. The van der Waals surface area contributed by atoms with Crippen molar-refractivity contribution in [2.75, 3.05) is 23.0 Å². The minimum Gasteiger partial charge on any atom is -0.335 e. The Morgan fingerprint density at radius 2 is 1.63 bits per heavy atom. The molecule has 218 valence electrons. The lowest BCUT2D eigenvalue weighted by molar-refractivity contribution is -0.667. The van der Waals surface area contributed by atoms with Gasteiger partial charge < -0.3 is 4.90 Å². The fourth-order valence-electron chi connectivity index (χ4n) is 4.73. The molecule has 0 amide bonds. The van der Waals surface area contributed by atoms with E-state index in [1.165, 1.54) is 29.2 Å². The van der Waals surface area contributed by atoms with Crippen molar-refractivity contribution in [1.29, 1.82) is 0 Å². The van der Waals surface area contributed by atoms with Crippen molar-refractivity contribution in [3.8, 4) is 0 Å². The van der Waals surface area contributed by atoms with Gasteiger partial charge in [0.25, 0.3) is 25.2 Å². The third kappa shape index (κ3) is 6.87. The van der Waals surface area contributed by atoms with E-state index >= 15 is 0 Å². The lowest BCUT2D eigenvalue weighted by atomic mass is 10.1. The van der Waals surface area contributed by atoms with Gasteiger partial charge >= 0.3 is 6.18 Å². The number of aryl methyl sites for hydroxylation is 1. The number of hydrogen-bond acceptors (Lipinski definition) is 7. The van der Waals surface area contributed by atoms with Gasteiger partial charge in [0.2, 0.25) is 5.52 Å². The molecule has 4 aromatic rings. The maximum Gasteiger partial charge on any atom is 0.416 e. The van der Waals surface area contributed by atoms with Crippen LogP contribution < -0.4 is 9.47 Å². The first-order chi connectivity index (χ1) is 19.2. The lowest BCUT2D eigenvalue weighted by Crippen LogP contribution is -2.36. The van der Waals surface area contributed by atoms with E-state index in [1.807, 2.05) is 41.0 Å². The summed E-state index contributed by atoms with van der Waals surface area (Å²) in [6, 6.07) is 15.0. The summed E-state index contributed by atoms with van der Waals surface area (Å²) in [5.41, 5.74) is 0.287. The first kappa shape index (κ1) is 29.8. The maximum atomic E-state index is 13.5. The van der Waals surface area contributed by atoms with Crippen LogP contribution in [-0.4, -0.2) is 44.0 Å². The van der Waals surface area contributed by atoms with Crippen LogP contribution in [0.1, 0.15) is 23.4 Å². The van der Waals surface area contributed by atoms with Crippen LogP contribution in [-0.2, 0) is 33.0 Å². The summed E-state index contributed by atoms with van der Waals surface area (Å²) in [5.74, 6) is -0.999. The number of rotatable bonds is 9. The van der Waals surface area contributed by atoms with Crippen molar-refractivity contribution in [1.82, 2.24) is 0 Å². The summed E-state index contributed by atoms with van der Waals surface area (Å²) in [4.78, 5) is 2.16. The van der Waals surface area contributed by atoms with Gasteiger partial charge in [-0.3, -0.25) is 9.11 Å². The highest BCUT2D eigenvalue weighted by Gasteiger charge is 2.35. The van der Waals surface area contributed by atoms with Crippen molar-refractivity contribution in [2.24, 2.45) is 0 Å². The average molecular weight is 646 g/mol. The Morgan fingerprint density at radius 1 is 0.927 bits per heavy atom. The lowest BCUT2D eigenvalue weighted by Gasteiger charge is -2.20. The number of nitrogens with zero attached hydrogens (tertiary/aromatic N) is 2. The van der Waals surface area contributed by atoms with E-state index < -0.39 is 43.5 Å². The predicted molar refractivity (Wildman–Crippen MR) is 154 cm³/mol. The number of aromatic nitrogens is 1. The number of thioether (sulfide) groups is 1. The SMILES string of the molecule is O=S(=O)(O)CCCN1C(=Cc2sc3ccc4ccccc4c3[n+]2CCCS(=O)(=O)O)Sc2ccc(C(F)(F)F)cc21. The van der Waals surface area contributed by atoms with Gasteiger partial charge in [-0.15, -0.1) is 0 Å². The van der Waals surface area contributed by atoms with E-state index in [-0.39, 0.29) is 31.6 Å². The van der Waals surface area contributed by atoms with Crippen LogP contribution in [0.15, 0.2) is 64.5 Å². The number of fused-ring (bicyclic) bond motifs is 4. The van der Waals surface area contributed by atoms with Gasteiger partial charge in [-0.05, 0) is 42.1 Å². The van der Waals surface area contributed by atoms with E-state index in [0.29, 0.717) is 14.9 Å². The second-order valence-electron chi connectivity index (χ2n) is 9.42. The van der Waals surface area contributed by atoms with Crippen LogP contribution in [0.4, 0.5) is 18.9 Å². The van der Waals surface area contributed by atoms with Crippen LogP contribution in [0.2, 0.25) is 0 Å². The molecule has 0 atom stereocenters. The van der Waals surface area contributed by atoms with Crippen LogP contribution in [0.25, 0.3) is 27.1 Å². The summed E-state index contributed by atoms with van der Waals surface area (Å²) in [6.45, 7) is 0.273. The monoisotopic (exact) mass is 645 g/mol. The fraction of sp³-hybridized carbons (Fsp3) is 0.269. The molecule has 1 aliphatic rings. The Morgan fingerprint density at radius 3 is 2.34 bits per heavy atom. The zero-order chi connectivity index (χ0) is 29.6. The smallest absolute Gasteiger partial charge is 0.335 e. The van der Waals surface area contributed by atoms with E-state index in [9.17, 15) is 39.1 Å². The molecule has 0 saturated heterocycles. The zero-order valence-electron chi connectivity index (χ0n) is 21.2. The molecule has 0 fully saturated rings. The molecule has 0 bridgehead atoms. The molecule has 0 radical (unpaired) electrons. The molecule has 2 heterocycles.